The van der Waals surface area contributed by atoms with E-state index in [0.717, 1.165) is 40.5 Å². The molecular formula is C23H29ClN6O. The molecule has 7 nitrogen and oxygen atoms in total. The first-order valence-electron chi connectivity index (χ1n) is 10.8. The van der Waals surface area contributed by atoms with Crippen LogP contribution in [-0.2, 0) is 11.2 Å². The lowest BCUT2D eigenvalue weighted by Crippen LogP contribution is -2.50. The highest BCUT2D eigenvalue weighted by atomic mass is 35.5. The fourth-order valence-corrected chi connectivity index (χ4v) is 4.17. The number of alkyl halides is 1. The minimum absolute atomic E-state index is 0.0114. The number of halogens is 1. The van der Waals surface area contributed by atoms with E-state index >= 15 is 0 Å². The molecule has 31 heavy (non-hydrogen) atoms. The first kappa shape index (κ1) is 21.6. The Labute approximate surface area is 188 Å². The number of aromatic nitrogens is 4. The molecule has 1 aliphatic rings. The van der Waals surface area contributed by atoms with Gasteiger partial charge < -0.3 is 9.80 Å². The van der Waals surface area contributed by atoms with Crippen LogP contribution in [0.25, 0.3) is 16.7 Å². The Morgan fingerprint density at radius 1 is 1.06 bits per heavy atom. The lowest BCUT2D eigenvalue weighted by Gasteiger charge is -2.36. The second kappa shape index (κ2) is 8.83. The van der Waals surface area contributed by atoms with Gasteiger partial charge in [-0.05, 0) is 31.9 Å². The molecule has 0 N–H and O–H groups in total. The first-order chi connectivity index (χ1) is 14.8. The van der Waals surface area contributed by atoms with Crippen molar-refractivity contribution in [3.8, 4) is 5.69 Å². The van der Waals surface area contributed by atoms with Crippen LogP contribution in [0.3, 0.4) is 0 Å². The van der Waals surface area contributed by atoms with Crippen molar-refractivity contribution < 1.29 is 4.79 Å². The van der Waals surface area contributed by atoms with Crippen LogP contribution in [0.4, 0.5) is 5.82 Å². The summed E-state index contributed by atoms with van der Waals surface area (Å²) >= 11 is 6.01. The lowest BCUT2D eigenvalue weighted by atomic mass is 10.1. The Morgan fingerprint density at radius 3 is 2.35 bits per heavy atom. The van der Waals surface area contributed by atoms with Gasteiger partial charge in [0.05, 0.1) is 16.8 Å². The summed E-state index contributed by atoms with van der Waals surface area (Å²) in [7, 11) is 0. The van der Waals surface area contributed by atoms with Crippen molar-refractivity contribution in [3.63, 3.8) is 0 Å². The van der Waals surface area contributed by atoms with Crippen molar-refractivity contribution in [3.05, 3.63) is 41.9 Å². The topological polar surface area (TPSA) is 67.2 Å². The van der Waals surface area contributed by atoms with E-state index in [1.54, 1.807) is 6.92 Å². The molecule has 1 atom stereocenters. The average Bonchev–Trinajstić information content (AvgIpc) is 3.09. The number of anilines is 1. The van der Waals surface area contributed by atoms with Gasteiger partial charge in [-0.1, -0.05) is 32.0 Å². The number of piperazine rings is 1. The molecule has 0 radical (unpaired) electrons. The standard InChI is InChI=1S/C23H29ClN6O/c1-15(2)14-19-25-21(28-10-12-29(13-11-28)23(31)16(3)24)20-17(4)27-30(22(20)26-19)18-8-6-5-7-9-18/h5-9,15-16H,10-14H2,1-4H3/t16-/m0/s1. The van der Waals surface area contributed by atoms with Crippen LogP contribution in [0.5, 0.6) is 0 Å². The molecule has 0 bridgehead atoms. The van der Waals surface area contributed by atoms with E-state index < -0.39 is 5.38 Å². The van der Waals surface area contributed by atoms with Gasteiger partial charge in [0.1, 0.15) is 17.0 Å². The molecule has 1 aliphatic heterocycles. The van der Waals surface area contributed by atoms with E-state index in [1.165, 1.54) is 0 Å². The number of benzene rings is 1. The molecule has 2 aromatic heterocycles. The Kier molecular flexibility index (Phi) is 6.14. The van der Waals surface area contributed by atoms with Gasteiger partial charge in [-0.25, -0.2) is 14.6 Å². The van der Waals surface area contributed by atoms with Crippen molar-refractivity contribution in [2.45, 2.75) is 39.5 Å². The van der Waals surface area contributed by atoms with Crippen LogP contribution in [0.2, 0.25) is 0 Å². The number of aryl methyl sites for hydroxylation is 1. The third kappa shape index (κ3) is 4.37. The predicted molar refractivity (Wildman–Crippen MR) is 124 cm³/mol. The zero-order chi connectivity index (χ0) is 22.1. The van der Waals surface area contributed by atoms with Gasteiger partial charge >= 0.3 is 0 Å². The van der Waals surface area contributed by atoms with E-state index in [2.05, 4.69) is 18.7 Å². The van der Waals surface area contributed by atoms with E-state index in [0.29, 0.717) is 32.1 Å². The number of nitrogens with zero attached hydrogens (tertiary/aromatic N) is 6. The summed E-state index contributed by atoms with van der Waals surface area (Å²) in [5.74, 6) is 2.16. The zero-order valence-corrected chi connectivity index (χ0v) is 19.3. The molecule has 0 spiro atoms. The Balaban J connectivity index is 1.76. The van der Waals surface area contributed by atoms with E-state index in [-0.39, 0.29) is 5.91 Å². The van der Waals surface area contributed by atoms with Gasteiger partial charge in [0.2, 0.25) is 5.91 Å². The van der Waals surface area contributed by atoms with E-state index in [9.17, 15) is 4.79 Å². The smallest absolute Gasteiger partial charge is 0.240 e. The quantitative estimate of drug-likeness (QED) is 0.567. The predicted octanol–water partition coefficient (Wildman–Crippen LogP) is 3.60. The van der Waals surface area contributed by atoms with Crippen molar-refractivity contribution >= 4 is 34.4 Å². The summed E-state index contributed by atoms with van der Waals surface area (Å²) in [6.45, 7) is 10.8. The molecule has 0 unspecified atom stereocenters. The number of hydrogen-bond acceptors (Lipinski definition) is 5. The molecule has 0 aliphatic carbocycles. The van der Waals surface area contributed by atoms with Crippen LogP contribution in [0.15, 0.2) is 30.3 Å². The third-order valence-electron chi connectivity index (χ3n) is 5.55. The molecule has 1 aromatic carbocycles. The van der Waals surface area contributed by atoms with Crippen molar-refractivity contribution in [1.82, 2.24) is 24.6 Å². The molecule has 3 heterocycles. The third-order valence-corrected chi connectivity index (χ3v) is 5.74. The number of amides is 1. The summed E-state index contributed by atoms with van der Waals surface area (Å²) in [6.07, 6.45) is 0.796. The second-order valence-electron chi connectivity index (χ2n) is 8.52. The van der Waals surface area contributed by atoms with Crippen LogP contribution in [-0.4, -0.2) is 62.1 Å². The summed E-state index contributed by atoms with van der Waals surface area (Å²) in [5.41, 5.74) is 2.71. The molecule has 1 saturated heterocycles. The maximum atomic E-state index is 12.3. The van der Waals surface area contributed by atoms with Gasteiger partial charge in [-0.2, -0.15) is 5.10 Å². The van der Waals surface area contributed by atoms with Crippen molar-refractivity contribution in [1.29, 1.82) is 0 Å². The normalized spacial score (nSPS) is 15.7. The van der Waals surface area contributed by atoms with Crippen molar-refractivity contribution in [2.75, 3.05) is 31.1 Å². The van der Waals surface area contributed by atoms with Gasteiger partial charge in [0.25, 0.3) is 0 Å². The highest BCUT2D eigenvalue weighted by Gasteiger charge is 2.27. The fraction of sp³-hybridized carbons (Fsp3) is 0.478. The number of carbonyl (C=O) groups excluding carboxylic acids is 1. The van der Waals surface area contributed by atoms with E-state index in [4.69, 9.17) is 26.7 Å². The Hall–Kier alpha value is -2.67. The molecule has 8 heteroatoms. The number of rotatable bonds is 5. The van der Waals surface area contributed by atoms with Gasteiger partial charge in [-0.3, -0.25) is 4.79 Å². The highest BCUT2D eigenvalue weighted by Crippen LogP contribution is 2.30. The minimum atomic E-state index is -0.499. The van der Waals surface area contributed by atoms with Gasteiger partial charge in [-0.15, -0.1) is 11.6 Å². The molecule has 1 amide bonds. The van der Waals surface area contributed by atoms with Crippen LogP contribution < -0.4 is 4.90 Å². The Morgan fingerprint density at radius 2 is 1.74 bits per heavy atom. The lowest BCUT2D eigenvalue weighted by molar-refractivity contribution is -0.130. The summed E-state index contributed by atoms with van der Waals surface area (Å²) in [4.78, 5) is 26.2. The molecule has 3 aromatic rings. The van der Waals surface area contributed by atoms with Crippen LogP contribution in [0.1, 0.15) is 32.3 Å². The van der Waals surface area contributed by atoms with Gasteiger partial charge in [0, 0.05) is 32.6 Å². The molecule has 4 rings (SSSR count). The minimum Gasteiger partial charge on any atom is -0.352 e. The number of fused-ring (bicyclic) bond motifs is 1. The van der Waals surface area contributed by atoms with Crippen LogP contribution >= 0.6 is 11.6 Å². The fourth-order valence-electron chi connectivity index (χ4n) is 4.03. The van der Waals surface area contributed by atoms with Crippen molar-refractivity contribution in [2.24, 2.45) is 5.92 Å². The number of carbonyl (C=O) groups is 1. The first-order valence-corrected chi connectivity index (χ1v) is 11.3. The maximum Gasteiger partial charge on any atom is 0.240 e. The van der Waals surface area contributed by atoms with Gasteiger partial charge in [0.15, 0.2) is 5.65 Å². The molecular weight excluding hydrogens is 412 g/mol. The SMILES string of the molecule is Cc1nn(-c2ccccc2)c2nc(CC(C)C)nc(N3CCN(C(=O)[C@H](C)Cl)CC3)c12. The maximum absolute atomic E-state index is 12.3. The number of para-hydroxylation sites is 1. The molecule has 0 saturated carbocycles. The summed E-state index contributed by atoms with van der Waals surface area (Å²) in [6, 6.07) is 10.1. The summed E-state index contributed by atoms with van der Waals surface area (Å²) in [5, 5.41) is 5.28. The summed E-state index contributed by atoms with van der Waals surface area (Å²) < 4.78 is 1.91. The monoisotopic (exact) mass is 440 g/mol. The highest BCUT2D eigenvalue weighted by molar-refractivity contribution is 6.30. The zero-order valence-electron chi connectivity index (χ0n) is 18.5. The largest absolute Gasteiger partial charge is 0.352 e. The van der Waals surface area contributed by atoms with E-state index in [1.807, 2.05) is 46.8 Å². The number of hydrogen-bond donors (Lipinski definition) is 0. The Bertz CT molecular complexity index is 1070. The molecule has 164 valence electrons. The molecule has 1 fully saturated rings. The second-order valence-corrected chi connectivity index (χ2v) is 9.18. The average molecular weight is 441 g/mol. The van der Waals surface area contributed by atoms with Crippen LogP contribution in [0, 0.1) is 12.8 Å².